The third kappa shape index (κ3) is 3.88. The van der Waals surface area contributed by atoms with E-state index in [1.54, 1.807) is 0 Å². The SMILES string of the molecule is c1cc2[nH]c1C1(CCCCC1)c1ccc([nH]1)C1(CCCCC1)c1ccc([nH]1)C1(CCCCC1)c1ccc([nH]1)C21CCCCC1. The molecule has 4 nitrogen and oxygen atoms in total. The molecule has 5 heterocycles. The summed E-state index contributed by atoms with van der Waals surface area (Å²) in [5.41, 5.74) is 11.8. The lowest BCUT2D eigenvalue weighted by Gasteiger charge is -2.40. The predicted octanol–water partition coefficient (Wildman–Crippen LogP) is 10.3. The maximum atomic E-state index is 4.21. The zero-order valence-corrected chi connectivity index (χ0v) is 26.8. The Hall–Kier alpha value is -2.88. The molecule has 0 amide bonds. The van der Waals surface area contributed by atoms with Gasteiger partial charge in [-0.25, -0.2) is 0 Å². The summed E-state index contributed by atoms with van der Waals surface area (Å²) in [6.07, 6.45) is 25.7. The van der Waals surface area contributed by atoms with Crippen LogP contribution in [0.25, 0.3) is 0 Å². The molecular formula is C40H52N4. The molecule has 9 rings (SSSR count). The van der Waals surface area contributed by atoms with Crippen molar-refractivity contribution >= 4 is 0 Å². The van der Waals surface area contributed by atoms with Gasteiger partial charge in [-0.3, -0.25) is 0 Å². The van der Waals surface area contributed by atoms with Crippen LogP contribution >= 0.6 is 0 Å². The lowest BCUT2D eigenvalue weighted by atomic mass is 9.69. The molecule has 4 aromatic rings. The van der Waals surface area contributed by atoms with Crippen LogP contribution in [0.15, 0.2) is 48.5 Å². The van der Waals surface area contributed by atoms with Crippen LogP contribution in [-0.4, -0.2) is 19.9 Å². The van der Waals surface area contributed by atoms with Gasteiger partial charge in [-0.1, -0.05) is 77.0 Å². The Labute approximate surface area is 263 Å². The maximum absolute atomic E-state index is 4.21. The van der Waals surface area contributed by atoms with Gasteiger partial charge in [0.15, 0.2) is 0 Å². The van der Waals surface area contributed by atoms with E-state index in [4.69, 9.17) is 0 Å². The lowest BCUT2D eigenvalue weighted by molar-refractivity contribution is 0.308. The normalized spacial score (nSPS) is 25.1. The first-order valence-corrected chi connectivity index (χ1v) is 18.5. The van der Waals surface area contributed by atoms with Crippen molar-refractivity contribution in [2.45, 2.75) is 150 Å². The molecule has 0 atom stereocenters. The van der Waals surface area contributed by atoms with Crippen molar-refractivity contribution in [3.63, 3.8) is 0 Å². The van der Waals surface area contributed by atoms with Crippen LogP contribution in [0.1, 0.15) is 174 Å². The Kier molecular flexibility index (Phi) is 6.44. The van der Waals surface area contributed by atoms with Crippen molar-refractivity contribution in [3.8, 4) is 0 Å². The molecule has 232 valence electrons. The lowest BCUT2D eigenvalue weighted by Crippen LogP contribution is -2.36. The molecular weight excluding hydrogens is 536 g/mol. The zero-order chi connectivity index (χ0) is 29.2. The second-order valence-electron chi connectivity index (χ2n) is 15.7. The summed E-state index contributed by atoms with van der Waals surface area (Å²) in [6.45, 7) is 0. The monoisotopic (exact) mass is 588 g/mol. The fraction of sp³-hybridized carbons (Fsp3) is 0.600. The van der Waals surface area contributed by atoms with E-state index in [1.807, 2.05) is 0 Å². The minimum atomic E-state index is 0.0471. The topological polar surface area (TPSA) is 63.2 Å². The van der Waals surface area contributed by atoms with Crippen LogP contribution < -0.4 is 0 Å². The molecule has 0 saturated heterocycles. The van der Waals surface area contributed by atoms with Gasteiger partial charge in [0, 0.05) is 45.6 Å². The Balaban J connectivity index is 1.29. The van der Waals surface area contributed by atoms with E-state index in [9.17, 15) is 0 Å². The summed E-state index contributed by atoms with van der Waals surface area (Å²) in [4.78, 5) is 16.8. The quantitative estimate of drug-likeness (QED) is 0.158. The average molecular weight is 589 g/mol. The number of aromatic nitrogens is 4. The third-order valence-corrected chi connectivity index (χ3v) is 13.7. The number of fused-ring (bicyclic) bond motifs is 16. The Morgan fingerprint density at radius 3 is 0.568 bits per heavy atom. The van der Waals surface area contributed by atoms with Gasteiger partial charge in [-0.2, -0.15) is 0 Å². The number of nitrogens with one attached hydrogen (secondary N) is 4. The van der Waals surface area contributed by atoms with Gasteiger partial charge < -0.3 is 19.9 Å². The van der Waals surface area contributed by atoms with Crippen molar-refractivity contribution in [1.29, 1.82) is 0 Å². The molecule has 0 unspecified atom stereocenters. The molecule has 4 heteroatoms. The predicted molar refractivity (Wildman–Crippen MR) is 179 cm³/mol. The highest BCUT2D eigenvalue weighted by molar-refractivity contribution is 5.46. The standard InChI is InChI=1S/C40H52N4/c1-5-21-37(22-6-1)29-13-15-31(41-29)38(23-7-2-8-24-38)33-17-19-35(43-33)40(27-11-4-12-28-40)36-20-18-34(44-36)39(25-9-3-10-26-39)32-16-14-30(37)42-32/h13-20,41-44H,1-12,21-28H2. The molecule has 44 heavy (non-hydrogen) atoms. The van der Waals surface area contributed by atoms with E-state index in [0.717, 1.165) is 0 Å². The smallest absolute Gasteiger partial charge is 0.0503 e. The zero-order valence-electron chi connectivity index (χ0n) is 26.8. The number of H-pyrrole nitrogens is 4. The van der Waals surface area contributed by atoms with E-state index in [-0.39, 0.29) is 21.7 Å². The fourth-order valence-electron chi connectivity index (χ4n) is 11.2. The molecule has 0 aromatic carbocycles. The van der Waals surface area contributed by atoms with E-state index in [2.05, 4.69) is 68.5 Å². The molecule has 4 aromatic heterocycles. The van der Waals surface area contributed by atoms with Crippen LogP contribution in [0.4, 0.5) is 0 Å². The minimum Gasteiger partial charge on any atom is -0.361 e. The Morgan fingerprint density at radius 1 is 0.250 bits per heavy atom. The van der Waals surface area contributed by atoms with Gasteiger partial charge in [0.2, 0.25) is 0 Å². The van der Waals surface area contributed by atoms with E-state index >= 15 is 0 Å². The van der Waals surface area contributed by atoms with Crippen LogP contribution in [0.2, 0.25) is 0 Å². The summed E-state index contributed by atoms with van der Waals surface area (Å²) in [5, 5.41) is 0. The summed E-state index contributed by atoms with van der Waals surface area (Å²) in [5.74, 6) is 0. The molecule has 4 fully saturated rings. The van der Waals surface area contributed by atoms with Crippen molar-refractivity contribution in [1.82, 2.24) is 19.9 Å². The molecule has 4 N–H and O–H groups in total. The van der Waals surface area contributed by atoms with Crippen molar-refractivity contribution in [2.24, 2.45) is 0 Å². The minimum absolute atomic E-state index is 0.0471. The van der Waals surface area contributed by atoms with Crippen LogP contribution in [0.3, 0.4) is 0 Å². The molecule has 4 saturated carbocycles. The van der Waals surface area contributed by atoms with Gasteiger partial charge in [0.1, 0.15) is 0 Å². The van der Waals surface area contributed by atoms with E-state index in [0.29, 0.717) is 0 Å². The Morgan fingerprint density at radius 2 is 0.409 bits per heavy atom. The third-order valence-electron chi connectivity index (χ3n) is 13.7. The van der Waals surface area contributed by atoms with Gasteiger partial charge in [-0.05, 0) is 99.9 Å². The second kappa shape index (κ2) is 10.3. The highest BCUT2D eigenvalue weighted by Crippen LogP contribution is 2.52. The van der Waals surface area contributed by atoms with Gasteiger partial charge in [0.25, 0.3) is 0 Å². The summed E-state index contributed by atoms with van der Waals surface area (Å²) in [7, 11) is 0. The fourth-order valence-corrected chi connectivity index (χ4v) is 11.2. The van der Waals surface area contributed by atoms with Crippen LogP contribution in [-0.2, 0) is 21.7 Å². The number of rotatable bonds is 0. The molecule has 4 spiro atoms. The average Bonchev–Trinajstić information content (AvgIpc) is 3.93. The largest absolute Gasteiger partial charge is 0.361 e. The molecule has 4 aliphatic carbocycles. The van der Waals surface area contributed by atoms with E-state index in [1.165, 1.54) is 174 Å². The van der Waals surface area contributed by atoms with Crippen LogP contribution in [0, 0.1) is 0 Å². The van der Waals surface area contributed by atoms with Crippen LogP contribution in [0.5, 0.6) is 0 Å². The molecule has 1 aliphatic heterocycles. The summed E-state index contributed by atoms with van der Waals surface area (Å²) < 4.78 is 0. The van der Waals surface area contributed by atoms with Crippen molar-refractivity contribution in [3.05, 3.63) is 94.1 Å². The van der Waals surface area contributed by atoms with Gasteiger partial charge in [-0.15, -0.1) is 0 Å². The number of hydrogen-bond acceptors (Lipinski definition) is 0. The second-order valence-corrected chi connectivity index (χ2v) is 15.7. The highest BCUT2D eigenvalue weighted by Gasteiger charge is 2.46. The van der Waals surface area contributed by atoms with Crippen molar-refractivity contribution < 1.29 is 0 Å². The summed E-state index contributed by atoms with van der Waals surface area (Å²) in [6, 6.07) is 20.0. The number of aromatic amines is 4. The Bertz CT molecular complexity index is 1270. The molecule has 8 bridgehead atoms. The molecule has 0 radical (unpaired) electrons. The first kappa shape index (κ1) is 27.4. The van der Waals surface area contributed by atoms with Gasteiger partial charge >= 0.3 is 0 Å². The highest BCUT2D eigenvalue weighted by atomic mass is 14.9. The van der Waals surface area contributed by atoms with Crippen molar-refractivity contribution in [2.75, 3.05) is 0 Å². The van der Waals surface area contributed by atoms with E-state index < -0.39 is 0 Å². The number of hydrogen-bond donors (Lipinski definition) is 4. The maximum Gasteiger partial charge on any atom is 0.0503 e. The summed E-state index contributed by atoms with van der Waals surface area (Å²) >= 11 is 0. The first-order valence-electron chi connectivity index (χ1n) is 18.5. The molecule has 5 aliphatic rings. The first-order chi connectivity index (χ1) is 21.7. The van der Waals surface area contributed by atoms with Gasteiger partial charge in [0.05, 0.1) is 21.7 Å².